The lowest BCUT2D eigenvalue weighted by Crippen LogP contribution is -2.46. The van der Waals surface area contributed by atoms with Gasteiger partial charge in [0.2, 0.25) is 0 Å². The van der Waals surface area contributed by atoms with Gasteiger partial charge in [-0.2, -0.15) is 0 Å². The molecule has 4 rings (SSSR count). The van der Waals surface area contributed by atoms with Gasteiger partial charge in [0.1, 0.15) is 11.5 Å². The third-order valence-corrected chi connectivity index (χ3v) is 4.81. The molecule has 0 unspecified atom stereocenters. The van der Waals surface area contributed by atoms with Crippen LogP contribution in [-0.4, -0.2) is 46.0 Å². The monoisotopic (exact) mass is 371 g/mol. The molecule has 0 aromatic carbocycles. The molecule has 118 valence electrons. The van der Waals surface area contributed by atoms with Crippen molar-refractivity contribution in [2.45, 2.75) is 6.54 Å². The largest absolute Gasteiger partial charge is 0.354 e. The number of hydrogen-bond donors (Lipinski definition) is 1. The molecule has 4 heterocycles. The van der Waals surface area contributed by atoms with Crippen LogP contribution in [0.3, 0.4) is 0 Å². The summed E-state index contributed by atoms with van der Waals surface area (Å²) in [6, 6.07) is 8.26. The highest BCUT2D eigenvalue weighted by molar-refractivity contribution is 9.10. The van der Waals surface area contributed by atoms with Gasteiger partial charge in [0, 0.05) is 61.2 Å². The first-order chi connectivity index (χ1) is 11.3. The van der Waals surface area contributed by atoms with Crippen molar-refractivity contribution in [2.75, 3.05) is 31.1 Å². The molecular formula is C17H18BrN5. The molecule has 0 radical (unpaired) electrons. The van der Waals surface area contributed by atoms with Crippen LogP contribution < -0.4 is 4.90 Å². The number of aromatic amines is 1. The van der Waals surface area contributed by atoms with E-state index in [-0.39, 0.29) is 0 Å². The minimum atomic E-state index is 0.966. The second-order valence-corrected chi connectivity index (χ2v) is 6.73. The van der Waals surface area contributed by atoms with Gasteiger partial charge in [-0.15, -0.1) is 0 Å². The smallest absolute Gasteiger partial charge is 0.137 e. The molecule has 1 aliphatic rings. The Labute approximate surface area is 143 Å². The van der Waals surface area contributed by atoms with E-state index in [1.165, 1.54) is 10.9 Å². The number of halogens is 1. The minimum absolute atomic E-state index is 0.966. The lowest BCUT2D eigenvalue weighted by molar-refractivity contribution is 0.250. The third kappa shape index (κ3) is 3.09. The van der Waals surface area contributed by atoms with E-state index in [0.717, 1.165) is 48.7 Å². The topological polar surface area (TPSA) is 48.0 Å². The van der Waals surface area contributed by atoms with E-state index in [9.17, 15) is 0 Å². The summed E-state index contributed by atoms with van der Waals surface area (Å²) in [7, 11) is 0. The molecule has 0 amide bonds. The van der Waals surface area contributed by atoms with E-state index in [0.29, 0.717) is 0 Å². The first-order valence-corrected chi connectivity index (χ1v) is 8.59. The zero-order valence-corrected chi connectivity index (χ0v) is 14.3. The van der Waals surface area contributed by atoms with E-state index in [4.69, 9.17) is 0 Å². The summed E-state index contributed by atoms with van der Waals surface area (Å²) in [6.45, 7) is 5.08. The predicted octanol–water partition coefficient (Wildman–Crippen LogP) is 3.04. The van der Waals surface area contributed by atoms with Gasteiger partial charge in [-0.1, -0.05) is 0 Å². The molecule has 0 aliphatic carbocycles. The number of H-pyrrole nitrogens is 1. The van der Waals surface area contributed by atoms with Crippen molar-refractivity contribution >= 4 is 32.8 Å². The molecule has 0 saturated carbocycles. The predicted molar refractivity (Wildman–Crippen MR) is 95.5 cm³/mol. The number of rotatable bonds is 3. The minimum Gasteiger partial charge on any atom is -0.354 e. The van der Waals surface area contributed by atoms with E-state index >= 15 is 0 Å². The maximum Gasteiger partial charge on any atom is 0.137 e. The van der Waals surface area contributed by atoms with Crippen LogP contribution in [0, 0.1) is 0 Å². The molecular weight excluding hydrogens is 354 g/mol. The quantitative estimate of drug-likeness (QED) is 0.768. The number of hydrogen-bond acceptors (Lipinski definition) is 4. The van der Waals surface area contributed by atoms with Crippen LogP contribution >= 0.6 is 15.9 Å². The molecule has 0 atom stereocenters. The zero-order valence-electron chi connectivity index (χ0n) is 12.7. The Bertz CT molecular complexity index is 790. The van der Waals surface area contributed by atoms with Crippen LogP contribution in [0.5, 0.6) is 0 Å². The van der Waals surface area contributed by atoms with Crippen molar-refractivity contribution in [3.8, 4) is 0 Å². The van der Waals surface area contributed by atoms with Crippen LogP contribution in [0.4, 0.5) is 5.82 Å². The molecule has 1 N–H and O–H groups in total. The molecule has 3 aromatic heterocycles. The van der Waals surface area contributed by atoms with Gasteiger partial charge in [0.15, 0.2) is 0 Å². The molecule has 3 aromatic rings. The van der Waals surface area contributed by atoms with Crippen molar-refractivity contribution in [1.82, 2.24) is 19.9 Å². The summed E-state index contributed by atoms with van der Waals surface area (Å²) >= 11 is 3.43. The molecule has 0 bridgehead atoms. The van der Waals surface area contributed by atoms with Gasteiger partial charge in [-0.05, 0) is 45.8 Å². The average molecular weight is 372 g/mol. The Hall–Kier alpha value is -1.92. The molecule has 5 nitrogen and oxygen atoms in total. The fourth-order valence-corrected chi connectivity index (χ4v) is 3.31. The van der Waals surface area contributed by atoms with Gasteiger partial charge in [0.25, 0.3) is 0 Å². The summed E-state index contributed by atoms with van der Waals surface area (Å²) in [5, 5.41) is 1.23. The fraction of sp³-hybridized carbons (Fsp3) is 0.294. The van der Waals surface area contributed by atoms with Gasteiger partial charge in [0.05, 0.1) is 0 Å². The van der Waals surface area contributed by atoms with E-state index in [1.807, 2.05) is 24.5 Å². The SMILES string of the molecule is Brc1ccc(N2CCN(Cc3c[nH]c4ncccc34)CC2)nc1. The van der Waals surface area contributed by atoms with Crippen LogP contribution in [0.15, 0.2) is 47.3 Å². The van der Waals surface area contributed by atoms with Crippen LogP contribution in [0.25, 0.3) is 11.0 Å². The van der Waals surface area contributed by atoms with Crippen LogP contribution in [0.2, 0.25) is 0 Å². The Kier molecular flexibility index (Phi) is 4.01. The number of fused-ring (bicyclic) bond motifs is 1. The summed E-state index contributed by atoms with van der Waals surface area (Å²) in [5.41, 5.74) is 2.29. The van der Waals surface area contributed by atoms with E-state index in [2.05, 4.69) is 59.0 Å². The Morgan fingerprint density at radius 2 is 1.96 bits per heavy atom. The summed E-state index contributed by atoms with van der Waals surface area (Å²) in [4.78, 5) is 16.9. The van der Waals surface area contributed by atoms with Crippen molar-refractivity contribution in [2.24, 2.45) is 0 Å². The Balaban J connectivity index is 1.41. The number of piperazine rings is 1. The van der Waals surface area contributed by atoms with Gasteiger partial charge in [-0.3, -0.25) is 4.90 Å². The fourth-order valence-electron chi connectivity index (χ4n) is 3.07. The Morgan fingerprint density at radius 1 is 1.09 bits per heavy atom. The highest BCUT2D eigenvalue weighted by atomic mass is 79.9. The molecule has 1 aliphatic heterocycles. The van der Waals surface area contributed by atoms with E-state index in [1.54, 1.807) is 0 Å². The van der Waals surface area contributed by atoms with Gasteiger partial charge < -0.3 is 9.88 Å². The first-order valence-electron chi connectivity index (χ1n) is 7.79. The van der Waals surface area contributed by atoms with Gasteiger partial charge >= 0.3 is 0 Å². The lowest BCUT2D eigenvalue weighted by atomic mass is 10.2. The molecule has 0 spiro atoms. The maximum atomic E-state index is 4.49. The molecule has 1 fully saturated rings. The van der Waals surface area contributed by atoms with E-state index < -0.39 is 0 Å². The lowest BCUT2D eigenvalue weighted by Gasteiger charge is -2.35. The van der Waals surface area contributed by atoms with Gasteiger partial charge in [-0.25, -0.2) is 9.97 Å². The number of pyridine rings is 2. The van der Waals surface area contributed by atoms with Crippen LogP contribution in [0.1, 0.15) is 5.56 Å². The summed E-state index contributed by atoms with van der Waals surface area (Å²) < 4.78 is 1.02. The van der Waals surface area contributed by atoms with Crippen molar-refractivity contribution in [3.63, 3.8) is 0 Å². The number of aromatic nitrogens is 3. The number of nitrogens with one attached hydrogen (secondary N) is 1. The third-order valence-electron chi connectivity index (χ3n) is 4.34. The highest BCUT2D eigenvalue weighted by Gasteiger charge is 2.19. The second-order valence-electron chi connectivity index (χ2n) is 5.81. The second kappa shape index (κ2) is 6.29. The van der Waals surface area contributed by atoms with Crippen molar-refractivity contribution < 1.29 is 0 Å². The first kappa shape index (κ1) is 14.7. The molecule has 1 saturated heterocycles. The zero-order chi connectivity index (χ0) is 15.6. The summed E-state index contributed by atoms with van der Waals surface area (Å²) in [6.07, 6.45) is 5.77. The van der Waals surface area contributed by atoms with Crippen molar-refractivity contribution in [3.05, 3.63) is 52.9 Å². The average Bonchev–Trinajstić information content (AvgIpc) is 3.00. The maximum absolute atomic E-state index is 4.49. The van der Waals surface area contributed by atoms with Crippen molar-refractivity contribution in [1.29, 1.82) is 0 Å². The number of anilines is 1. The van der Waals surface area contributed by atoms with Crippen LogP contribution in [-0.2, 0) is 6.54 Å². The highest BCUT2D eigenvalue weighted by Crippen LogP contribution is 2.20. The number of nitrogens with zero attached hydrogens (tertiary/aromatic N) is 4. The summed E-state index contributed by atoms with van der Waals surface area (Å²) in [5.74, 6) is 1.06. The molecule has 23 heavy (non-hydrogen) atoms. The standard InChI is InChI=1S/C17H18BrN5/c18-14-3-4-16(20-11-14)23-8-6-22(7-9-23)12-13-10-21-17-15(13)2-1-5-19-17/h1-5,10-11H,6-9,12H2,(H,19,21). The molecule has 6 heteroatoms. The normalized spacial score (nSPS) is 16.1. The Morgan fingerprint density at radius 3 is 2.74 bits per heavy atom.